The number of halogens is 1. The summed E-state index contributed by atoms with van der Waals surface area (Å²) >= 11 is 6.11. The second-order valence-corrected chi connectivity index (χ2v) is 7.07. The Balaban J connectivity index is 1.68. The normalized spacial score (nSPS) is 14.6. The van der Waals surface area contributed by atoms with Crippen molar-refractivity contribution < 1.29 is 14.3 Å². The standard InChI is InChI=1S/C21H24ClNO3/c1-15(17-9-10-17)23(13-16-7-11-18(25-2)12-8-16)21(24)14-26-20-6-4-3-5-19(20)22/h3-8,11-12,15,17H,9-10,13-14H2,1-2H3. The summed E-state index contributed by atoms with van der Waals surface area (Å²) in [5.74, 6) is 1.90. The molecule has 0 aromatic heterocycles. The molecule has 138 valence electrons. The highest BCUT2D eigenvalue weighted by molar-refractivity contribution is 6.32. The van der Waals surface area contributed by atoms with Gasteiger partial charge in [-0.3, -0.25) is 4.79 Å². The fourth-order valence-corrected chi connectivity index (χ4v) is 3.19. The van der Waals surface area contributed by atoms with Crippen LogP contribution in [0.2, 0.25) is 5.02 Å². The molecule has 1 aliphatic rings. The Labute approximate surface area is 159 Å². The van der Waals surface area contributed by atoms with Crippen LogP contribution in [-0.2, 0) is 11.3 Å². The van der Waals surface area contributed by atoms with Gasteiger partial charge in [0.15, 0.2) is 6.61 Å². The molecule has 1 saturated carbocycles. The zero-order chi connectivity index (χ0) is 18.5. The number of carbonyl (C=O) groups excluding carboxylic acids is 1. The lowest BCUT2D eigenvalue weighted by Crippen LogP contribution is -2.42. The first-order valence-electron chi connectivity index (χ1n) is 8.88. The topological polar surface area (TPSA) is 38.8 Å². The van der Waals surface area contributed by atoms with Crippen LogP contribution in [0.4, 0.5) is 0 Å². The number of carbonyl (C=O) groups is 1. The Morgan fingerprint density at radius 1 is 1.19 bits per heavy atom. The van der Waals surface area contributed by atoms with Crippen molar-refractivity contribution in [3.05, 3.63) is 59.1 Å². The number of amides is 1. The average molecular weight is 374 g/mol. The van der Waals surface area contributed by atoms with Crippen LogP contribution >= 0.6 is 11.6 Å². The predicted octanol–water partition coefficient (Wildman–Crippen LogP) is 4.55. The van der Waals surface area contributed by atoms with Gasteiger partial charge >= 0.3 is 0 Å². The Morgan fingerprint density at radius 2 is 1.88 bits per heavy atom. The van der Waals surface area contributed by atoms with E-state index in [2.05, 4.69) is 6.92 Å². The third-order valence-electron chi connectivity index (χ3n) is 4.82. The molecule has 1 aliphatic carbocycles. The smallest absolute Gasteiger partial charge is 0.261 e. The van der Waals surface area contributed by atoms with Crippen LogP contribution in [0.25, 0.3) is 0 Å². The molecule has 26 heavy (non-hydrogen) atoms. The molecule has 2 aromatic rings. The van der Waals surface area contributed by atoms with E-state index in [-0.39, 0.29) is 18.6 Å². The van der Waals surface area contributed by atoms with E-state index in [1.807, 2.05) is 41.3 Å². The molecule has 0 heterocycles. The molecule has 0 spiro atoms. The minimum atomic E-state index is -0.0277. The first kappa shape index (κ1) is 18.6. The quantitative estimate of drug-likeness (QED) is 0.681. The molecular weight excluding hydrogens is 350 g/mol. The summed E-state index contributed by atoms with van der Waals surface area (Å²) in [4.78, 5) is 14.8. The van der Waals surface area contributed by atoms with E-state index >= 15 is 0 Å². The summed E-state index contributed by atoms with van der Waals surface area (Å²) < 4.78 is 10.9. The number of methoxy groups -OCH3 is 1. The van der Waals surface area contributed by atoms with Gasteiger partial charge in [0.25, 0.3) is 5.91 Å². The molecule has 0 saturated heterocycles. The minimum absolute atomic E-state index is 0.0169. The van der Waals surface area contributed by atoms with Gasteiger partial charge in [-0.1, -0.05) is 35.9 Å². The summed E-state index contributed by atoms with van der Waals surface area (Å²) in [6.45, 7) is 2.66. The number of benzene rings is 2. The van der Waals surface area contributed by atoms with Crippen molar-refractivity contribution in [2.45, 2.75) is 32.4 Å². The van der Waals surface area contributed by atoms with Crippen LogP contribution in [0.1, 0.15) is 25.3 Å². The summed E-state index contributed by atoms with van der Waals surface area (Å²) in [6, 6.07) is 15.2. The lowest BCUT2D eigenvalue weighted by Gasteiger charge is -2.29. The van der Waals surface area contributed by atoms with Gasteiger partial charge < -0.3 is 14.4 Å². The van der Waals surface area contributed by atoms with E-state index in [0.29, 0.717) is 23.2 Å². The maximum atomic E-state index is 12.9. The van der Waals surface area contributed by atoms with E-state index in [1.54, 1.807) is 19.2 Å². The van der Waals surface area contributed by atoms with Gasteiger partial charge in [0, 0.05) is 12.6 Å². The number of hydrogen-bond donors (Lipinski definition) is 0. The largest absolute Gasteiger partial charge is 0.497 e. The van der Waals surface area contributed by atoms with Crippen molar-refractivity contribution in [1.82, 2.24) is 4.90 Å². The lowest BCUT2D eigenvalue weighted by atomic mass is 10.1. The number of para-hydroxylation sites is 1. The molecule has 0 radical (unpaired) electrons. The van der Waals surface area contributed by atoms with Gasteiger partial charge in [-0.25, -0.2) is 0 Å². The summed E-state index contributed by atoms with van der Waals surface area (Å²) in [5, 5.41) is 0.511. The van der Waals surface area contributed by atoms with E-state index < -0.39 is 0 Å². The first-order chi connectivity index (χ1) is 12.6. The predicted molar refractivity (Wildman–Crippen MR) is 103 cm³/mol. The summed E-state index contributed by atoms with van der Waals surface area (Å²) in [5.41, 5.74) is 1.07. The fourth-order valence-electron chi connectivity index (χ4n) is 3.00. The third kappa shape index (κ3) is 4.70. The molecule has 0 bridgehead atoms. The molecule has 1 unspecified atom stereocenters. The lowest BCUT2D eigenvalue weighted by molar-refractivity contribution is -0.136. The molecule has 2 aromatic carbocycles. The van der Waals surface area contributed by atoms with Crippen LogP contribution in [-0.4, -0.2) is 30.6 Å². The van der Waals surface area contributed by atoms with Crippen molar-refractivity contribution in [2.24, 2.45) is 5.92 Å². The average Bonchev–Trinajstić information content (AvgIpc) is 3.50. The number of rotatable bonds is 8. The zero-order valence-corrected chi connectivity index (χ0v) is 15.9. The molecule has 4 nitrogen and oxygen atoms in total. The van der Waals surface area contributed by atoms with E-state index in [9.17, 15) is 4.79 Å². The Hall–Kier alpha value is -2.20. The van der Waals surface area contributed by atoms with Crippen molar-refractivity contribution in [3.8, 4) is 11.5 Å². The van der Waals surface area contributed by atoms with Crippen LogP contribution in [0.3, 0.4) is 0 Å². The number of nitrogens with zero attached hydrogens (tertiary/aromatic N) is 1. The Kier molecular flexibility index (Phi) is 6.04. The van der Waals surface area contributed by atoms with Crippen LogP contribution in [0.5, 0.6) is 11.5 Å². The van der Waals surface area contributed by atoms with Gasteiger partial charge in [-0.2, -0.15) is 0 Å². The SMILES string of the molecule is COc1ccc(CN(C(=O)COc2ccccc2Cl)C(C)C2CC2)cc1. The van der Waals surface area contributed by atoms with Crippen LogP contribution < -0.4 is 9.47 Å². The Morgan fingerprint density at radius 3 is 2.50 bits per heavy atom. The minimum Gasteiger partial charge on any atom is -0.497 e. The van der Waals surface area contributed by atoms with Gasteiger partial charge in [0.2, 0.25) is 0 Å². The number of ether oxygens (including phenoxy) is 2. The van der Waals surface area contributed by atoms with Gasteiger partial charge in [0.1, 0.15) is 11.5 Å². The molecule has 1 fully saturated rings. The molecular formula is C21H24ClNO3. The first-order valence-corrected chi connectivity index (χ1v) is 9.26. The van der Waals surface area contributed by atoms with Gasteiger partial charge in [0.05, 0.1) is 12.1 Å². The second-order valence-electron chi connectivity index (χ2n) is 6.67. The highest BCUT2D eigenvalue weighted by Crippen LogP contribution is 2.36. The van der Waals surface area contributed by atoms with Crippen molar-refractivity contribution in [2.75, 3.05) is 13.7 Å². The van der Waals surface area contributed by atoms with Gasteiger partial charge in [-0.05, 0) is 55.5 Å². The monoisotopic (exact) mass is 373 g/mol. The van der Waals surface area contributed by atoms with Crippen LogP contribution in [0, 0.1) is 5.92 Å². The van der Waals surface area contributed by atoms with E-state index in [1.165, 1.54) is 12.8 Å². The number of hydrogen-bond acceptors (Lipinski definition) is 3. The molecule has 1 atom stereocenters. The Bertz CT molecular complexity index is 743. The van der Waals surface area contributed by atoms with E-state index in [4.69, 9.17) is 21.1 Å². The molecule has 0 N–H and O–H groups in total. The van der Waals surface area contributed by atoms with Gasteiger partial charge in [-0.15, -0.1) is 0 Å². The third-order valence-corrected chi connectivity index (χ3v) is 5.13. The molecule has 3 rings (SSSR count). The maximum Gasteiger partial charge on any atom is 0.261 e. The van der Waals surface area contributed by atoms with Crippen molar-refractivity contribution in [1.29, 1.82) is 0 Å². The highest BCUT2D eigenvalue weighted by atomic mass is 35.5. The van der Waals surface area contributed by atoms with Crippen molar-refractivity contribution in [3.63, 3.8) is 0 Å². The van der Waals surface area contributed by atoms with E-state index in [0.717, 1.165) is 11.3 Å². The second kappa shape index (κ2) is 8.45. The molecule has 1 amide bonds. The summed E-state index contributed by atoms with van der Waals surface area (Å²) in [6.07, 6.45) is 2.36. The summed E-state index contributed by atoms with van der Waals surface area (Å²) in [7, 11) is 1.64. The highest BCUT2D eigenvalue weighted by Gasteiger charge is 2.34. The molecule has 5 heteroatoms. The maximum absolute atomic E-state index is 12.9. The molecule has 0 aliphatic heterocycles. The van der Waals surface area contributed by atoms with Crippen LogP contribution in [0.15, 0.2) is 48.5 Å². The zero-order valence-electron chi connectivity index (χ0n) is 15.2. The fraction of sp³-hybridized carbons (Fsp3) is 0.381. The van der Waals surface area contributed by atoms with Crippen molar-refractivity contribution >= 4 is 17.5 Å².